The zero-order valence-electron chi connectivity index (χ0n) is 27.2. The van der Waals surface area contributed by atoms with Crippen molar-refractivity contribution in [3.05, 3.63) is 143 Å². The summed E-state index contributed by atoms with van der Waals surface area (Å²) in [5, 5.41) is 9.71. The molecule has 6 atom stereocenters. The van der Waals surface area contributed by atoms with Crippen LogP contribution in [-0.4, -0.2) is 46.8 Å². The molecule has 4 aromatic rings. The number of imide groups is 2. The van der Waals surface area contributed by atoms with Crippen LogP contribution in [0.25, 0.3) is 0 Å². The number of likely N-dealkylation sites (tertiary alicyclic amines) is 1. The number of hydrogen-bond acceptors (Lipinski definition) is 6. The zero-order chi connectivity index (χ0) is 34.6. The van der Waals surface area contributed by atoms with Crippen molar-refractivity contribution in [2.24, 2.45) is 23.7 Å². The van der Waals surface area contributed by atoms with Crippen molar-refractivity contribution in [1.29, 1.82) is 0 Å². The lowest BCUT2D eigenvalue weighted by Gasteiger charge is -2.50. The predicted molar refractivity (Wildman–Crippen MR) is 187 cm³/mol. The van der Waals surface area contributed by atoms with E-state index in [1.807, 2.05) is 72.8 Å². The molecule has 2 heterocycles. The van der Waals surface area contributed by atoms with E-state index in [1.54, 1.807) is 36.4 Å². The smallest absolute Gasteiger partial charge is 0.246 e. The number of amides is 4. The first-order valence-electron chi connectivity index (χ1n) is 17.0. The summed E-state index contributed by atoms with van der Waals surface area (Å²) < 4.78 is 5.67. The molecule has 252 valence electrons. The molecule has 4 aliphatic rings. The molecule has 8 rings (SSSR count). The molecule has 2 saturated heterocycles. The number of hydrogen-bond donors (Lipinski definition) is 1. The van der Waals surface area contributed by atoms with Crippen molar-refractivity contribution in [2.75, 3.05) is 18.1 Å². The summed E-state index contributed by atoms with van der Waals surface area (Å²) in [5.74, 6) is -3.70. The second-order valence-electron chi connectivity index (χ2n) is 13.5. The molecular formula is C41H35ClN2O6. The number of anilines is 1. The van der Waals surface area contributed by atoms with Crippen molar-refractivity contribution in [1.82, 2.24) is 4.90 Å². The lowest BCUT2D eigenvalue weighted by molar-refractivity contribution is -0.141. The summed E-state index contributed by atoms with van der Waals surface area (Å²) in [4.78, 5) is 61.1. The van der Waals surface area contributed by atoms with Crippen LogP contribution in [0.5, 0.6) is 5.75 Å². The van der Waals surface area contributed by atoms with Crippen LogP contribution >= 0.6 is 11.6 Å². The fourth-order valence-corrected chi connectivity index (χ4v) is 9.21. The number of carbonyl (C=O) groups is 4. The first-order chi connectivity index (χ1) is 24.3. The molecule has 0 unspecified atom stereocenters. The van der Waals surface area contributed by atoms with Crippen molar-refractivity contribution >= 4 is 40.9 Å². The SMILES string of the molecule is O=C1[C@H]2[C@H](CC=C3[C@H]2C[C@H]2C(=O)N(c4cccc(Cl)c4)C(=O)[C@@]2(c2ccccc2)[C@H]3c2ccc(OCCO)cc2)C(=O)N1Cc1ccccc1. The Morgan fingerprint density at radius 2 is 1.52 bits per heavy atom. The molecule has 50 heavy (non-hydrogen) atoms. The van der Waals surface area contributed by atoms with E-state index in [9.17, 15) is 19.5 Å². The van der Waals surface area contributed by atoms with Gasteiger partial charge in [0.15, 0.2) is 0 Å². The van der Waals surface area contributed by atoms with Crippen molar-refractivity contribution in [3.8, 4) is 5.75 Å². The minimum atomic E-state index is -1.35. The van der Waals surface area contributed by atoms with Crippen molar-refractivity contribution < 1.29 is 29.0 Å². The highest BCUT2D eigenvalue weighted by Crippen LogP contribution is 2.64. The van der Waals surface area contributed by atoms with Crippen LogP contribution in [0.2, 0.25) is 5.02 Å². The monoisotopic (exact) mass is 686 g/mol. The largest absolute Gasteiger partial charge is 0.491 e. The third-order valence-electron chi connectivity index (χ3n) is 11.0. The van der Waals surface area contributed by atoms with Gasteiger partial charge in [-0.3, -0.25) is 24.1 Å². The second kappa shape index (κ2) is 12.7. The van der Waals surface area contributed by atoms with E-state index in [1.165, 1.54) is 9.80 Å². The zero-order valence-corrected chi connectivity index (χ0v) is 27.9. The van der Waals surface area contributed by atoms with E-state index < -0.39 is 35.0 Å². The number of carbonyl (C=O) groups excluding carboxylic acids is 4. The Morgan fingerprint density at radius 3 is 2.22 bits per heavy atom. The Morgan fingerprint density at radius 1 is 0.800 bits per heavy atom. The molecule has 1 saturated carbocycles. The van der Waals surface area contributed by atoms with Crippen LogP contribution < -0.4 is 9.64 Å². The number of aliphatic hydroxyl groups is 1. The van der Waals surface area contributed by atoms with Gasteiger partial charge in [0.05, 0.1) is 42.0 Å². The summed E-state index contributed by atoms with van der Waals surface area (Å²) in [6, 6.07) is 33.1. The Kier molecular flexibility index (Phi) is 8.16. The molecule has 2 aliphatic carbocycles. The number of ether oxygens (including phenoxy) is 1. The highest BCUT2D eigenvalue weighted by molar-refractivity contribution is 6.32. The first-order valence-corrected chi connectivity index (χ1v) is 17.3. The van der Waals surface area contributed by atoms with E-state index in [0.29, 0.717) is 28.4 Å². The molecule has 4 amide bonds. The molecule has 0 bridgehead atoms. The maximum atomic E-state index is 15.3. The summed E-state index contributed by atoms with van der Waals surface area (Å²) in [7, 11) is 0. The summed E-state index contributed by atoms with van der Waals surface area (Å²) >= 11 is 6.40. The maximum absolute atomic E-state index is 15.3. The highest BCUT2D eigenvalue weighted by atomic mass is 35.5. The van der Waals surface area contributed by atoms with E-state index in [0.717, 1.165) is 16.7 Å². The van der Waals surface area contributed by atoms with Crippen LogP contribution in [0, 0.1) is 23.7 Å². The molecule has 0 radical (unpaired) electrons. The Bertz CT molecular complexity index is 2020. The minimum Gasteiger partial charge on any atom is -0.491 e. The number of aliphatic hydroxyl groups excluding tert-OH is 1. The van der Waals surface area contributed by atoms with Crippen LogP contribution in [-0.2, 0) is 31.1 Å². The minimum absolute atomic E-state index is 0.131. The van der Waals surface area contributed by atoms with Gasteiger partial charge in [-0.15, -0.1) is 0 Å². The lowest BCUT2D eigenvalue weighted by Crippen LogP contribution is -2.53. The Balaban J connectivity index is 1.30. The van der Waals surface area contributed by atoms with Crippen molar-refractivity contribution in [2.45, 2.75) is 30.7 Å². The van der Waals surface area contributed by atoms with Gasteiger partial charge in [0.25, 0.3) is 0 Å². The molecule has 1 N–H and O–H groups in total. The Hall–Kier alpha value is -5.05. The average molecular weight is 687 g/mol. The fraction of sp³-hybridized carbons (Fsp3) is 0.268. The Labute approximate surface area is 294 Å². The number of benzene rings is 4. The maximum Gasteiger partial charge on any atom is 0.246 e. The second-order valence-corrected chi connectivity index (χ2v) is 13.9. The van der Waals surface area contributed by atoms with Crippen LogP contribution in [0.3, 0.4) is 0 Å². The van der Waals surface area contributed by atoms with Crippen LogP contribution in [0.4, 0.5) is 5.69 Å². The van der Waals surface area contributed by atoms with Crippen LogP contribution in [0.1, 0.15) is 35.4 Å². The standard InChI is InChI=1S/C41H35ClN2O6/c42-28-12-7-13-29(22-28)44-38(47)34-23-33-31(18-19-32-35(33)39(48)43(37(32)46)24-25-8-3-1-4-9-25)36(26-14-16-30(17-15-26)50-21-20-45)41(34,40(44)49)27-10-5-2-6-11-27/h1-18,22,32-36,45H,19-21,23-24H2/t32-,33+,34-,35-,36-,41+/m0/s1. The van der Waals surface area contributed by atoms with E-state index >= 15 is 4.79 Å². The van der Waals surface area contributed by atoms with Gasteiger partial charge < -0.3 is 9.84 Å². The van der Waals surface area contributed by atoms with E-state index in [4.69, 9.17) is 16.3 Å². The third kappa shape index (κ3) is 4.92. The first kappa shape index (κ1) is 32.2. The molecule has 9 heteroatoms. The normalized spacial score (nSPS) is 27.2. The quantitative estimate of drug-likeness (QED) is 0.178. The van der Waals surface area contributed by atoms with Gasteiger partial charge in [-0.2, -0.15) is 0 Å². The van der Waals surface area contributed by atoms with Gasteiger partial charge in [-0.25, -0.2) is 4.90 Å². The van der Waals surface area contributed by atoms with Gasteiger partial charge in [-0.05, 0) is 65.8 Å². The number of halogens is 1. The predicted octanol–water partition coefficient (Wildman–Crippen LogP) is 6.07. The van der Waals surface area contributed by atoms with Gasteiger partial charge in [-0.1, -0.05) is 102 Å². The van der Waals surface area contributed by atoms with E-state index in [2.05, 4.69) is 6.08 Å². The van der Waals surface area contributed by atoms with Crippen LogP contribution in [0.15, 0.2) is 121 Å². The molecular weight excluding hydrogens is 652 g/mol. The molecule has 8 nitrogen and oxygen atoms in total. The molecule has 4 aromatic carbocycles. The van der Waals surface area contributed by atoms with Gasteiger partial charge >= 0.3 is 0 Å². The summed E-state index contributed by atoms with van der Waals surface area (Å²) in [5.41, 5.74) is 2.30. The topological polar surface area (TPSA) is 104 Å². The van der Waals surface area contributed by atoms with Crippen molar-refractivity contribution in [3.63, 3.8) is 0 Å². The third-order valence-corrected chi connectivity index (χ3v) is 11.3. The molecule has 0 aromatic heterocycles. The number of fused-ring (bicyclic) bond motifs is 4. The summed E-state index contributed by atoms with van der Waals surface area (Å²) in [6.07, 6.45) is 2.65. The number of allylic oxidation sites excluding steroid dienone is 2. The molecule has 0 spiro atoms. The lowest BCUT2D eigenvalue weighted by atomic mass is 9.49. The average Bonchev–Trinajstić information content (AvgIpc) is 3.52. The number of rotatable bonds is 8. The molecule has 3 fully saturated rings. The van der Waals surface area contributed by atoms with E-state index in [-0.39, 0.29) is 49.8 Å². The highest BCUT2D eigenvalue weighted by Gasteiger charge is 2.70. The van der Waals surface area contributed by atoms with Gasteiger partial charge in [0.2, 0.25) is 23.6 Å². The van der Waals surface area contributed by atoms with Gasteiger partial charge in [0.1, 0.15) is 12.4 Å². The number of nitrogens with zero attached hydrogens (tertiary/aromatic N) is 2. The fourth-order valence-electron chi connectivity index (χ4n) is 9.03. The summed E-state index contributed by atoms with van der Waals surface area (Å²) in [6.45, 7) is 0.181. The molecule has 2 aliphatic heterocycles. The van der Waals surface area contributed by atoms with Gasteiger partial charge in [0, 0.05) is 10.9 Å².